The van der Waals surface area contributed by atoms with Gasteiger partial charge in [0.05, 0.1) is 24.1 Å². The molecule has 1 aliphatic carbocycles. The molecule has 4 rings (SSSR count). The number of ether oxygens (including phenoxy) is 2. The predicted molar refractivity (Wildman–Crippen MR) is 119 cm³/mol. The second kappa shape index (κ2) is 9.77. The molecule has 3 N–H and O–H groups in total. The van der Waals surface area contributed by atoms with E-state index in [2.05, 4.69) is 16.0 Å². The van der Waals surface area contributed by atoms with Gasteiger partial charge in [0.1, 0.15) is 18.5 Å². The highest BCUT2D eigenvalue weighted by Crippen LogP contribution is 2.32. The molecule has 1 saturated heterocycles. The van der Waals surface area contributed by atoms with Gasteiger partial charge in [0.2, 0.25) is 5.91 Å². The van der Waals surface area contributed by atoms with Gasteiger partial charge in [0.25, 0.3) is 5.91 Å². The number of carbonyl (C=O) groups is 3. The lowest BCUT2D eigenvalue weighted by atomic mass is 9.94. The number of amides is 4. The number of nitrogens with zero attached hydrogens (tertiary/aromatic N) is 1. The molecule has 1 aromatic rings. The van der Waals surface area contributed by atoms with Crippen molar-refractivity contribution in [3.63, 3.8) is 0 Å². The van der Waals surface area contributed by atoms with Crippen LogP contribution in [-0.4, -0.2) is 67.7 Å². The van der Waals surface area contributed by atoms with Gasteiger partial charge in [-0.15, -0.1) is 0 Å². The fourth-order valence-electron chi connectivity index (χ4n) is 4.30. The van der Waals surface area contributed by atoms with Crippen molar-refractivity contribution in [2.45, 2.75) is 57.3 Å². The van der Waals surface area contributed by atoms with Crippen LogP contribution in [0.2, 0.25) is 0 Å². The molecule has 4 amide bonds. The van der Waals surface area contributed by atoms with Gasteiger partial charge in [-0.1, -0.05) is 0 Å². The van der Waals surface area contributed by atoms with Crippen molar-refractivity contribution in [3.05, 3.63) is 23.8 Å². The average molecular weight is 445 g/mol. The number of likely N-dealkylation sites (N-methyl/N-ethyl adjacent to an activating group) is 1. The number of nitrogens with one attached hydrogen (secondary N) is 3. The Kier molecular flexibility index (Phi) is 6.83. The van der Waals surface area contributed by atoms with Gasteiger partial charge >= 0.3 is 6.03 Å². The topological polar surface area (TPSA) is 109 Å². The summed E-state index contributed by atoms with van der Waals surface area (Å²) in [6, 6.07) is 4.57. The van der Waals surface area contributed by atoms with Crippen molar-refractivity contribution in [3.8, 4) is 5.75 Å². The van der Waals surface area contributed by atoms with Crippen LogP contribution in [0.25, 0.3) is 0 Å². The molecule has 0 radical (unpaired) electrons. The summed E-state index contributed by atoms with van der Waals surface area (Å²) < 4.78 is 12.2. The van der Waals surface area contributed by atoms with E-state index in [9.17, 15) is 14.4 Å². The summed E-state index contributed by atoms with van der Waals surface area (Å²) in [6.07, 6.45) is 3.70. The van der Waals surface area contributed by atoms with Gasteiger partial charge in [0.15, 0.2) is 0 Å². The Morgan fingerprint density at radius 3 is 2.72 bits per heavy atom. The molecular weight excluding hydrogens is 412 g/mol. The van der Waals surface area contributed by atoms with Crippen molar-refractivity contribution in [1.82, 2.24) is 15.5 Å². The highest BCUT2D eigenvalue weighted by molar-refractivity contribution is 5.99. The van der Waals surface area contributed by atoms with Crippen LogP contribution in [0.3, 0.4) is 0 Å². The first-order valence-corrected chi connectivity index (χ1v) is 11.5. The van der Waals surface area contributed by atoms with Crippen LogP contribution >= 0.6 is 0 Å². The van der Waals surface area contributed by atoms with Crippen LogP contribution in [0.5, 0.6) is 5.75 Å². The minimum atomic E-state index is -0.326. The normalized spacial score (nSPS) is 24.9. The van der Waals surface area contributed by atoms with E-state index < -0.39 is 0 Å². The second-order valence-corrected chi connectivity index (χ2v) is 8.82. The molecule has 9 heteroatoms. The summed E-state index contributed by atoms with van der Waals surface area (Å²) in [7, 11) is 1.77. The van der Waals surface area contributed by atoms with E-state index in [4.69, 9.17) is 9.47 Å². The van der Waals surface area contributed by atoms with E-state index in [-0.39, 0.29) is 36.1 Å². The molecule has 0 unspecified atom stereocenters. The third kappa shape index (κ3) is 5.32. The maximum Gasteiger partial charge on any atom is 0.319 e. The molecule has 3 atom stereocenters. The molecule has 0 aromatic heterocycles. The monoisotopic (exact) mass is 444 g/mol. The van der Waals surface area contributed by atoms with E-state index in [1.54, 1.807) is 30.1 Å². The van der Waals surface area contributed by atoms with E-state index in [0.717, 1.165) is 13.0 Å². The largest absolute Gasteiger partial charge is 0.490 e. The average Bonchev–Trinajstić information content (AvgIpc) is 3.60. The Labute approximate surface area is 188 Å². The van der Waals surface area contributed by atoms with Gasteiger partial charge in [0, 0.05) is 25.8 Å². The zero-order valence-electron chi connectivity index (χ0n) is 18.7. The van der Waals surface area contributed by atoms with Crippen LogP contribution in [0.15, 0.2) is 18.2 Å². The van der Waals surface area contributed by atoms with E-state index in [0.29, 0.717) is 48.9 Å². The van der Waals surface area contributed by atoms with Gasteiger partial charge in [-0.05, 0) is 56.7 Å². The van der Waals surface area contributed by atoms with Crippen LogP contribution in [0.4, 0.5) is 10.5 Å². The van der Waals surface area contributed by atoms with Gasteiger partial charge in [-0.3, -0.25) is 9.59 Å². The maximum absolute atomic E-state index is 13.2. The Balaban J connectivity index is 1.41. The number of hydrogen-bond acceptors (Lipinski definition) is 5. The number of benzene rings is 1. The summed E-state index contributed by atoms with van der Waals surface area (Å²) in [6.45, 7) is 3.39. The van der Waals surface area contributed by atoms with Crippen molar-refractivity contribution < 1.29 is 23.9 Å². The van der Waals surface area contributed by atoms with E-state index in [1.165, 1.54) is 12.8 Å². The number of anilines is 1. The predicted octanol–water partition coefficient (Wildman–Crippen LogP) is 2.12. The molecule has 9 nitrogen and oxygen atoms in total. The van der Waals surface area contributed by atoms with Crippen molar-refractivity contribution in [1.29, 1.82) is 0 Å². The number of fused-ring (bicyclic) bond motifs is 2. The molecule has 2 heterocycles. The molecule has 0 spiro atoms. The summed E-state index contributed by atoms with van der Waals surface area (Å²) in [5, 5.41) is 8.39. The standard InChI is InChI=1S/C23H32N4O5/c1-3-24-23(30)26-15-6-9-19-17(10-15)22(29)27(2)18-8-7-16(32-20(18)13-31-19)11-21(28)25-12-14-4-5-14/h6,9-10,14,16,18,20H,3-5,7-8,11-13H2,1-2H3,(H,25,28)(H2,24,26,30)/t16-,18-,20+/m1/s1. The molecule has 2 fully saturated rings. The van der Waals surface area contributed by atoms with Gasteiger partial charge in [-0.25, -0.2) is 4.79 Å². The van der Waals surface area contributed by atoms with Gasteiger partial charge < -0.3 is 30.3 Å². The molecule has 1 aromatic carbocycles. The minimum absolute atomic E-state index is 0.0222. The van der Waals surface area contributed by atoms with Crippen LogP contribution in [0, 0.1) is 5.92 Å². The first-order chi connectivity index (χ1) is 15.4. The number of hydrogen-bond donors (Lipinski definition) is 3. The maximum atomic E-state index is 13.2. The second-order valence-electron chi connectivity index (χ2n) is 8.82. The lowest BCUT2D eigenvalue weighted by Crippen LogP contribution is -2.54. The summed E-state index contributed by atoms with van der Waals surface area (Å²) in [5.41, 5.74) is 0.927. The van der Waals surface area contributed by atoms with Gasteiger partial charge in [-0.2, -0.15) is 0 Å². The molecule has 3 aliphatic rings. The fourth-order valence-corrected chi connectivity index (χ4v) is 4.30. The lowest BCUT2D eigenvalue weighted by molar-refractivity contribution is -0.134. The van der Waals surface area contributed by atoms with Crippen molar-refractivity contribution in [2.24, 2.45) is 5.92 Å². The fraction of sp³-hybridized carbons (Fsp3) is 0.609. The number of urea groups is 1. The molecule has 1 saturated carbocycles. The summed E-state index contributed by atoms with van der Waals surface area (Å²) in [5.74, 6) is 0.938. The quantitative estimate of drug-likeness (QED) is 0.623. The smallest absolute Gasteiger partial charge is 0.319 e. The van der Waals surface area contributed by atoms with Crippen LogP contribution < -0.4 is 20.7 Å². The van der Waals surface area contributed by atoms with Crippen molar-refractivity contribution in [2.75, 3.05) is 32.1 Å². The summed E-state index contributed by atoms with van der Waals surface area (Å²) >= 11 is 0. The Morgan fingerprint density at radius 1 is 1.16 bits per heavy atom. The third-order valence-electron chi connectivity index (χ3n) is 6.30. The first kappa shape index (κ1) is 22.4. The molecular formula is C23H32N4O5. The molecule has 174 valence electrons. The Hall–Kier alpha value is -2.81. The van der Waals surface area contributed by atoms with E-state index >= 15 is 0 Å². The summed E-state index contributed by atoms with van der Waals surface area (Å²) in [4.78, 5) is 39.0. The Bertz CT molecular complexity index is 872. The zero-order chi connectivity index (χ0) is 22.7. The first-order valence-electron chi connectivity index (χ1n) is 11.5. The molecule has 32 heavy (non-hydrogen) atoms. The van der Waals surface area contributed by atoms with Crippen molar-refractivity contribution >= 4 is 23.5 Å². The number of rotatable bonds is 6. The molecule has 2 aliphatic heterocycles. The Morgan fingerprint density at radius 2 is 1.97 bits per heavy atom. The lowest BCUT2D eigenvalue weighted by Gasteiger charge is -2.42. The third-order valence-corrected chi connectivity index (χ3v) is 6.30. The SMILES string of the molecule is CCNC(=O)Nc1ccc2c(c1)C(=O)N(C)[C@@H]1CC[C@H](CC(=O)NCC3CC3)O[C@H]1CO2. The number of carbonyl (C=O) groups excluding carboxylic acids is 3. The van der Waals surface area contributed by atoms with E-state index in [1.807, 2.05) is 6.92 Å². The zero-order valence-corrected chi connectivity index (χ0v) is 18.7. The minimum Gasteiger partial charge on any atom is -0.490 e. The highest BCUT2D eigenvalue weighted by atomic mass is 16.5. The van der Waals surface area contributed by atoms with Crippen LogP contribution in [-0.2, 0) is 9.53 Å². The molecule has 0 bridgehead atoms. The van der Waals surface area contributed by atoms with Crippen LogP contribution in [0.1, 0.15) is 49.4 Å². The highest BCUT2D eigenvalue weighted by Gasteiger charge is 2.39.